The molecule has 1 aliphatic heterocycles. The Balaban J connectivity index is 2.17. The molecule has 0 bridgehead atoms. The zero-order valence-corrected chi connectivity index (χ0v) is 9.53. The van der Waals surface area contributed by atoms with Crippen molar-refractivity contribution < 1.29 is 14.7 Å². The van der Waals surface area contributed by atoms with E-state index in [2.05, 4.69) is 10.6 Å². The van der Waals surface area contributed by atoms with Crippen LogP contribution >= 0.6 is 0 Å². The van der Waals surface area contributed by atoms with Crippen LogP contribution in [0.25, 0.3) is 0 Å². The number of carbonyl (C=O) groups excluding carboxylic acids is 2. The monoisotopic (exact) mass is 229 g/mol. The van der Waals surface area contributed by atoms with Crippen LogP contribution in [0.5, 0.6) is 0 Å². The van der Waals surface area contributed by atoms with E-state index in [1.807, 2.05) is 11.8 Å². The van der Waals surface area contributed by atoms with Gasteiger partial charge in [0.05, 0.1) is 12.6 Å². The van der Waals surface area contributed by atoms with E-state index in [1.165, 1.54) is 0 Å². The lowest BCUT2D eigenvalue weighted by molar-refractivity contribution is -0.121. The van der Waals surface area contributed by atoms with Crippen LogP contribution in [0.2, 0.25) is 0 Å². The standard InChI is InChI=1S/C10H19N3O3/c1-2-4-11-10(16)12-9(15)7-13-5-3-8(14)6-13/h8,14H,2-7H2,1H3,(H2,11,12,15,16)/t8-/m1/s1. The molecule has 16 heavy (non-hydrogen) atoms. The van der Waals surface area contributed by atoms with Crippen LogP contribution < -0.4 is 10.6 Å². The number of nitrogens with one attached hydrogen (secondary N) is 2. The molecular formula is C10H19N3O3. The number of imide groups is 1. The summed E-state index contributed by atoms with van der Waals surface area (Å²) in [5, 5.41) is 14.1. The van der Waals surface area contributed by atoms with E-state index >= 15 is 0 Å². The molecule has 0 saturated carbocycles. The molecule has 1 atom stereocenters. The number of β-amino-alcohol motifs (C(OH)–C–C–N with tert-alkyl or cyclic N) is 1. The number of nitrogens with zero attached hydrogens (tertiary/aromatic N) is 1. The van der Waals surface area contributed by atoms with Crippen molar-refractivity contribution in [1.29, 1.82) is 0 Å². The van der Waals surface area contributed by atoms with E-state index in [-0.39, 0.29) is 18.6 Å². The third-order valence-electron chi connectivity index (χ3n) is 2.40. The maximum absolute atomic E-state index is 11.4. The summed E-state index contributed by atoms with van der Waals surface area (Å²) in [6, 6.07) is -0.452. The largest absolute Gasteiger partial charge is 0.392 e. The van der Waals surface area contributed by atoms with Crippen molar-refractivity contribution in [2.45, 2.75) is 25.9 Å². The number of aliphatic hydroxyl groups excluding tert-OH is 1. The van der Waals surface area contributed by atoms with E-state index in [0.717, 1.165) is 6.42 Å². The lowest BCUT2D eigenvalue weighted by atomic mass is 10.3. The summed E-state index contributed by atoms with van der Waals surface area (Å²) in [5.41, 5.74) is 0. The molecular weight excluding hydrogens is 210 g/mol. The van der Waals surface area contributed by atoms with Gasteiger partial charge in [-0.2, -0.15) is 0 Å². The second-order valence-electron chi connectivity index (χ2n) is 3.98. The molecule has 0 aromatic heterocycles. The van der Waals surface area contributed by atoms with Gasteiger partial charge in [0.1, 0.15) is 0 Å². The Morgan fingerprint density at radius 3 is 2.81 bits per heavy atom. The van der Waals surface area contributed by atoms with E-state index in [0.29, 0.717) is 26.1 Å². The first kappa shape index (κ1) is 12.9. The average molecular weight is 229 g/mol. The lowest BCUT2D eigenvalue weighted by Gasteiger charge is -2.13. The topological polar surface area (TPSA) is 81.7 Å². The smallest absolute Gasteiger partial charge is 0.321 e. The van der Waals surface area contributed by atoms with Crippen molar-refractivity contribution in [3.05, 3.63) is 0 Å². The molecule has 0 spiro atoms. The Bertz CT molecular complexity index is 258. The van der Waals surface area contributed by atoms with Crippen LogP contribution in [-0.2, 0) is 4.79 Å². The number of rotatable bonds is 4. The Hall–Kier alpha value is -1.14. The number of amides is 3. The van der Waals surface area contributed by atoms with Gasteiger partial charge in [0.15, 0.2) is 0 Å². The highest BCUT2D eigenvalue weighted by Crippen LogP contribution is 2.07. The van der Waals surface area contributed by atoms with Crippen LogP contribution in [-0.4, -0.2) is 54.2 Å². The summed E-state index contributed by atoms with van der Waals surface area (Å²) in [4.78, 5) is 24.4. The van der Waals surface area contributed by atoms with E-state index in [4.69, 9.17) is 0 Å². The second-order valence-corrected chi connectivity index (χ2v) is 3.98. The van der Waals surface area contributed by atoms with Gasteiger partial charge in [-0.15, -0.1) is 0 Å². The highest BCUT2D eigenvalue weighted by Gasteiger charge is 2.22. The van der Waals surface area contributed by atoms with Crippen molar-refractivity contribution >= 4 is 11.9 Å². The van der Waals surface area contributed by atoms with Gasteiger partial charge < -0.3 is 10.4 Å². The number of hydrogen-bond acceptors (Lipinski definition) is 4. The lowest BCUT2D eigenvalue weighted by Crippen LogP contribution is -2.44. The Morgan fingerprint density at radius 2 is 2.25 bits per heavy atom. The average Bonchev–Trinajstić information content (AvgIpc) is 2.60. The van der Waals surface area contributed by atoms with Crippen LogP contribution in [0.15, 0.2) is 0 Å². The van der Waals surface area contributed by atoms with E-state index in [9.17, 15) is 14.7 Å². The van der Waals surface area contributed by atoms with Crippen LogP contribution in [0, 0.1) is 0 Å². The summed E-state index contributed by atoms with van der Waals surface area (Å²) in [6.45, 7) is 3.86. The van der Waals surface area contributed by atoms with Gasteiger partial charge in [-0.05, 0) is 12.8 Å². The minimum atomic E-state index is -0.452. The number of carbonyl (C=O) groups is 2. The summed E-state index contributed by atoms with van der Waals surface area (Å²) in [6.07, 6.45) is 1.18. The minimum Gasteiger partial charge on any atom is -0.392 e. The van der Waals surface area contributed by atoms with Gasteiger partial charge in [0.25, 0.3) is 0 Å². The zero-order chi connectivity index (χ0) is 12.0. The molecule has 1 fully saturated rings. The highest BCUT2D eigenvalue weighted by atomic mass is 16.3. The van der Waals surface area contributed by atoms with Crippen molar-refractivity contribution in [3.8, 4) is 0 Å². The van der Waals surface area contributed by atoms with Crippen molar-refractivity contribution in [2.24, 2.45) is 0 Å². The van der Waals surface area contributed by atoms with Crippen molar-refractivity contribution in [1.82, 2.24) is 15.5 Å². The fourth-order valence-electron chi connectivity index (χ4n) is 1.61. The quantitative estimate of drug-likeness (QED) is 0.595. The molecule has 0 aromatic carbocycles. The fourth-order valence-corrected chi connectivity index (χ4v) is 1.61. The normalized spacial score (nSPS) is 20.8. The van der Waals surface area contributed by atoms with E-state index in [1.54, 1.807) is 0 Å². The molecule has 6 heteroatoms. The number of hydrogen-bond donors (Lipinski definition) is 3. The van der Waals surface area contributed by atoms with Gasteiger partial charge in [0, 0.05) is 19.6 Å². The maximum atomic E-state index is 11.4. The third kappa shape index (κ3) is 4.59. The number of aliphatic hydroxyl groups is 1. The molecule has 1 rings (SSSR count). The molecule has 0 unspecified atom stereocenters. The second kappa shape index (κ2) is 6.44. The molecule has 1 aliphatic rings. The Labute approximate surface area is 95.0 Å². The molecule has 6 nitrogen and oxygen atoms in total. The summed E-state index contributed by atoms with van der Waals surface area (Å²) in [7, 11) is 0. The van der Waals surface area contributed by atoms with Crippen molar-refractivity contribution in [2.75, 3.05) is 26.2 Å². The number of urea groups is 1. The molecule has 0 aromatic rings. The first-order valence-electron chi connectivity index (χ1n) is 5.60. The Morgan fingerprint density at radius 1 is 1.50 bits per heavy atom. The highest BCUT2D eigenvalue weighted by molar-refractivity contribution is 5.95. The van der Waals surface area contributed by atoms with Crippen molar-refractivity contribution in [3.63, 3.8) is 0 Å². The first-order chi connectivity index (χ1) is 7.61. The van der Waals surface area contributed by atoms with Crippen LogP contribution in [0.4, 0.5) is 4.79 Å². The van der Waals surface area contributed by atoms with E-state index < -0.39 is 6.03 Å². The molecule has 1 heterocycles. The molecule has 1 saturated heterocycles. The summed E-state index contributed by atoms with van der Waals surface area (Å²) >= 11 is 0. The minimum absolute atomic E-state index is 0.163. The van der Waals surface area contributed by atoms with Gasteiger partial charge in [-0.25, -0.2) is 4.79 Å². The first-order valence-corrected chi connectivity index (χ1v) is 5.60. The van der Waals surface area contributed by atoms with Gasteiger partial charge in [-0.3, -0.25) is 15.0 Å². The van der Waals surface area contributed by atoms with Gasteiger partial charge >= 0.3 is 6.03 Å². The predicted molar refractivity (Wildman–Crippen MR) is 58.9 cm³/mol. The molecule has 3 amide bonds. The summed E-state index contributed by atoms with van der Waals surface area (Å²) in [5.74, 6) is -0.331. The number of likely N-dealkylation sites (tertiary alicyclic amines) is 1. The zero-order valence-electron chi connectivity index (χ0n) is 9.53. The Kier molecular flexibility index (Phi) is 5.21. The summed E-state index contributed by atoms with van der Waals surface area (Å²) < 4.78 is 0. The molecule has 3 N–H and O–H groups in total. The molecule has 0 radical (unpaired) electrons. The van der Waals surface area contributed by atoms with Gasteiger partial charge in [-0.1, -0.05) is 6.92 Å². The molecule has 0 aliphatic carbocycles. The van der Waals surface area contributed by atoms with Gasteiger partial charge in [0.2, 0.25) is 5.91 Å². The molecule has 92 valence electrons. The fraction of sp³-hybridized carbons (Fsp3) is 0.800. The SMILES string of the molecule is CCCNC(=O)NC(=O)CN1CC[C@@H](O)C1. The van der Waals surface area contributed by atoms with Crippen LogP contribution in [0.1, 0.15) is 19.8 Å². The predicted octanol–water partition coefficient (Wildman–Crippen LogP) is -0.711. The maximum Gasteiger partial charge on any atom is 0.321 e. The third-order valence-corrected chi connectivity index (χ3v) is 2.40. The van der Waals surface area contributed by atoms with Crippen LogP contribution in [0.3, 0.4) is 0 Å².